The van der Waals surface area contributed by atoms with Crippen LogP contribution in [0.2, 0.25) is 0 Å². The van der Waals surface area contributed by atoms with E-state index in [9.17, 15) is 4.79 Å². The zero-order valence-corrected chi connectivity index (χ0v) is 5.97. The largest absolute Gasteiger partial charge is 0.481 e. The van der Waals surface area contributed by atoms with Gasteiger partial charge in [0, 0.05) is 6.42 Å². The molecule has 0 heterocycles. The van der Waals surface area contributed by atoms with Gasteiger partial charge in [0.2, 0.25) is 0 Å². The van der Waals surface area contributed by atoms with Gasteiger partial charge in [-0.1, -0.05) is 6.42 Å². The first-order valence-corrected chi connectivity index (χ1v) is 3.19. The van der Waals surface area contributed by atoms with E-state index >= 15 is 0 Å². The molecule has 62 valence electrons. The third-order valence-corrected chi connectivity index (χ3v) is 1.09. The van der Waals surface area contributed by atoms with Gasteiger partial charge in [0.1, 0.15) is 0 Å². The van der Waals surface area contributed by atoms with Crippen molar-refractivity contribution in [3.63, 3.8) is 0 Å². The minimum Gasteiger partial charge on any atom is -0.481 e. The van der Waals surface area contributed by atoms with Gasteiger partial charge in [0.15, 0.2) is 0 Å². The number of carbonyl (C=O) groups is 1. The molecule has 0 amide bonds. The number of hydrogen-bond acceptors (Lipinski definition) is 2. The van der Waals surface area contributed by atoms with E-state index in [0.717, 1.165) is 19.3 Å². The lowest BCUT2D eigenvalue weighted by atomic mass is 10.2. The van der Waals surface area contributed by atoms with Crippen molar-refractivity contribution in [3.05, 3.63) is 0 Å². The minimum atomic E-state index is -0.716. The van der Waals surface area contributed by atoms with Crippen LogP contribution in [0.1, 0.15) is 25.7 Å². The molecule has 0 atom stereocenters. The van der Waals surface area contributed by atoms with Gasteiger partial charge in [-0.05, 0) is 19.4 Å². The van der Waals surface area contributed by atoms with Crippen LogP contribution in [0.3, 0.4) is 0 Å². The van der Waals surface area contributed by atoms with Crippen LogP contribution < -0.4 is 5.73 Å². The molecule has 0 aromatic rings. The van der Waals surface area contributed by atoms with Crippen molar-refractivity contribution >= 4 is 5.97 Å². The molecule has 5 N–H and O–H groups in total. The minimum absolute atomic E-state index is 0. The predicted molar refractivity (Wildman–Crippen MR) is 38.8 cm³/mol. The Morgan fingerprint density at radius 2 is 1.90 bits per heavy atom. The van der Waals surface area contributed by atoms with Crippen LogP contribution in [0.15, 0.2) is 0 Å². The normalized spacial score (nSPS) is 8.50. The van der Waals surface area contributed by atoms with E-state index in [2.05, 4.69) is 0 Å². The van der Waals surface area contributed by atoms with E-state index < -0.39 is 5.97 Å². The second-order valence-electron chi connectivity index (χ2n) is 1.99. The van der Waals surface area contributed by atoms with Gasteiger partial charge in [-0.25, -0.2) is 0 Å². The second kappa shape index (κ2) is 8.39. The van der Waals surface area contributed by atoms with Crippen molar-refractivity contribution in [2.75, 3.05) is 6.54 Å². The van der Waals surface area contributed by atoms with Gasteiger partial charge in [-0.2, -0.15) is 0 Å². The van der Waals surface area contributed by atoms with E-state index in [1.54, 1.807) is 0 Å². The predicted octanol–water partition coefficient (Wildman–Crippen LogP) is -0.235. The molecule has 0 fully saturated rings. The summed E-state index contributed by atoms with van der Waals surface area (Å²) in [6.07, 6.45) is 2.91. The van der Waals surface area contributed by atoms with Crippen molar-refractivity contribution in [2.45, 2.75) is 25.7 Å². The van der Waals surface area contributed by atoms with Crippen LogP contribution in [0, 0.1) is 0 Å². The van der Waals surface area contributed by atoms with Crippen molar-refractivity contribution < 1.29 is 15.4 Å². The molecular weight excluding hydrogens is 134 g/mol. The topological polar surface area (TPSA) is 94.8 Å². The highest BCUT2D eigenvalue weighted by atomic mass is 16.4. The molecule has 0 radical (unpaired) electrons. The Morgan fingerprint density at radius 1 is 1.30 bits per heavy atom. The first-order valence-electron chi connectivity index (χ1n) is 3.19. The molecule has 0 spiro atoms. The number of unbranched alkanes of at least 4 members (excludes halogenated alkanes) is 2. The highest BCUT2D eigenvalue weighted by Gasteiger charge is 1.94. The summed E-state index contributed by atoms with van der Waals surface area (Å²) >= 11 is 0. The summed E-state index contributed by atoms with van der Waals surface area (Å²) in [5.41, 5.74) is 5.20. The lowest BCUT2D eigenvalue weighted by molar-refractivity contribution is -0.137. The molecule has 0 rings (SSSR count). The Kier molecular flexibility index (Phi) is 10.2. The molecule has 0 saturated carbocycles. The lowest BCUT2D eigenvalue weighted by Crippen LogP contribution is -1.99. The molecule has 0 aromatic carbocycles. The number of carboxylic acid groups (broad SMARTS) is 1. The molecule has 0 saturated heterocycles. The van der Waals surface area contributed by atoms with Crippen molar-refractivity contribution in [1.29, 1.82) is 0 Å². The van der Waals surface area contributed by atoms with E-state index in [1.165, 1.54) is 0 Å². The van der Waals surface area contributed by atoms with Crippen LogP contribution in [0.5, 0.6) is 0 Å². The van der Waals surface area contributed by atoms with Gasteiger partial charge < -0.3 is 16.3 Å². The van der Waals surface area contributed by atoms with Crippen LogP contribution in [-0.2, 0) is 4.79 Å². The summed E-state index contributed by atoms with van der Waals surface area (Å²) in [5.74, 6) is -0.716. The maximum atomic E-state index is 9.93. The number of rotatable bonds is 5. The summed E-state index contributed by atoms with van der Waals surface area (Å²) < 4.78 is 0. The Balaban J connectivity index is 0. The molecule has 4 heteroatoms. The molecule has 10 heavy (non-hydrogen) atoms. The smallest absolute Gasteiger partial charge is 0.303 e. The summed E-state index contributed by atoms with van der Waals surface area (Å²) in [6.45, 7) is 0.666. The number of aliphatic carboxylic acids is 1. The Labute approximate surface area is 60.3 Å². The number of carboxylic acids is 1. The van der Waals surface area contributed by atoms with Gasteiger partial charge in [-0.15, -0.1) is 0 Å². The standard InChI is InChI=1S/C6H13NO2.H2O/c7-5-3-1-2-4-6(8)9;/h1-5,7H2,(H,8,9);1H2. The van der Waals surface area contributed by atoms with Gasteiger partial charge in [0.05, 0.1) is 0 Å². The third kappa shape index (κ3) is 10.4. The van der Waals surface area contributed by atoms with Crippen molar-refractivity contribution in [3.8, 4) is 0 Å². The molecule has 0 aromatic heterocycles. The summed E-state index contributed by atoms with van der Waals surface area (Å²) in [7, 11) is 0. The Bertz CT molecular complexity index is 85.1. The molecular formula is C6H15NO3. The van der Waals surface area contributed by atoms with Crippen LogP contribution in [-0.4, -0.2) is 23.1 Å². The fraction of sp³-hybridized carbons (Fsp3) is 0.833. The van der Waals surface area contributed by atoms with Crippen molar-refractivity contribution in [2.24, 2.45) is 5.73 Å². The van der Waals surface area contributed by atoms with Gasteiger partial charge in [-0.3, -0.25) is 4.79 Å². The number of hydrogen-bond donors (Lipinski definition) is 2. The Morgan fingerprint density at radius 3 is 2.30 bits per heavy atom. The fourth-order valence-electron chi connectivity index (χ4n) is 0.597. The van der Waals surface area contributed by atoms with Gasteiger partial charge in [0.25, 0.3) is 0 Å². The number of nitrogens with two attached hydrogens (primary N) is 1. The molecule has 4 nitrogen and oxygen atoms in total. The fourth-order valence-corrected chi connectivity index (χ4v) is 0.597. The lowest BCUT2D eigenvalue weighted by Gasteiger charge is -1.93. The van der Waals surface area contributed by atoms with E-state index in [4.69, 9.17) is 10.8 Å². The van der Waals surface area contributed by atoms with Crippen molar-refractivity contribution in [1.82, 2.24) is 0 Å². The first-order chi connectivity index (χ1) is 4.27. The zero-order valence-electron chi connectivity index (χ0n) is 5.97. The maximum absolute atomic E-state index is 9.93. The molecule has 0 unspecified atom stereocenters. The van der Waals surface area contributed by atoms with Crippen LogP contribution in [0.25, 0.3) is 0 Å². The quantitative estimate of drug-likeness (QED) is 0.528. The molecule has 0 aliphatic carbocycles. The van der Waals surface area contributed by atoms with E-state index in [-0.39, 0.29) is 11.9 Å². The molecule has 0 aliphatic heterocycles. The zero-order chi connectivity index (χ0) is 7.11. The summed E-state index contributed by atoms with van der Waals surface area (Å²) in [6, 6.07) is 0. The van der Waals surface area contributed by atoms with Gasteiger partial charge >= 0.3 is 5.97 Å². The SMILES string of the molecule is NCCCCCC(=O)O.O. The second-order valence-corrected chi connectivity index (χ2v) is 1.99. The highest BCUT2D eigenvalue weighted by Crippen LogP contribution is 1.97. The van der Waals surface area contributed by atoms with E-state index in [0.29, 0.717) is 6.54 Å². The van der Waals surface area contributed by atoms with Crippen LogP contribution >= 0.6 is 0 Å². The third-order valence-electron chi connectivity index (χ3n) is 1.09. The Hall–Kier alpha value is -0.610. The summed E-state index contributed by atoms with van der Waals surface area (Å²) in [4.78, 5) is 9.93. The monoisotopic (exact) mass is 149 g/mol. The first kappa shape index (κ1) is 12.1. The molecule has 0 bridgehead atoms. The highest BCUT2D eigenvalue weighted by molar-refractivity contribution is 5.66. The average Bonchev–Trinajstić information content (AvgIpc) is 1.80. The summed E-state index contributed by atoms with van der Waals surface area (Å²) in [5, 5.41) is 8.18. The average molecular weight is 149 g/mol. The maximum Gasteiger partial charge on any atom is 0.303 e. The van der Waals surface area contributed by atoms with E-state index in [1.807, 2.05) is 0 Å². The molecule has 0 aliphatic rings. The van der Waals surface area contributed by atoms with Crippen LogP contribution in [0.4, 0.5) is 0 Å².